The first-order chi connectivity index (χ1) is 21.8. The van der Waals surface area contributed by atoms with Crippen molar-refractivity contribution in [3.8, 4) is 0 Å². The lowest BCUT2D eigenvalue weighted by Gasteiger charge is -2.48. The Balaban J connectivity index is 1.38. The maximum Gasteiger partial charge on any atom is 0.303 e. The Hall–Kier alpha value is -3.11. The fourth-order valence-corrected chi connectivity index (χ4v) is 6.41. The van der Waals surface area contributed by atoms with Crippen molar-refractivity contribution < 1.29 is 38.3 Å². The van der Waals surface area contributed by atoms with Gasteiger partial charge in [0, 0.05) is 6.92 Å². The zero-order valence-electron chi connectivity index (χ0n) is 26.6. The third-order valence-electron chi connectivity index (χ3n) is 8.70. The molecule has 8 heteroatoms. The van der Waals surface area contributed by atoms with E-state index < -0.39 is 48.7 Å². The second-order valence-corrected chi connectivity index (χ2v) is 12.2. The van der Waals surface area contributed by atoms with Crippen LogP contribution in [0.4, 0.5) is 0 Å². The Morgan fingerprint density at radius 2 is 1.11 bits per heavy atom. The number of ether oxygens (including phenoxy) is 6. The van der Waals surface area contributed by atoms with Crippen molar-refractivity contribution in [2.45, 2.75) is 109 Å². The van der Waals surface area contributed by atoms with Crippen LogP contribution >= 0.6 is 0 Å². The topological polar surface area (TPSA) is 92.7 Å². The molecule has 45 heavy (non-hydrogen) atoms. The number of carbonyl (C=O) groups is 1. The number of rotatable bonds is 12. The fourth-order valence-electron chi connectivity index (χ4n) is 6.41. The van der Waals surface area contributed by atoms with E-state index in [2.05, 4.69) is 6.92 Å². The van der Waals surface area contributed by atoms with Crippen LogP contribution in [0.5, 0.6) is 0 Å². The van der Waals surface area contributed by atoms with E-state index in [1.807, 2.05) is 105 Å². The van der Waals surface area contributed by atoms with Crippen LogP contribution in [0, 0.1) is 5.92 Å². The minimum atomic E-state index is -1.01. The third kappa shape index (κ3) is 8.79. The van der Waals surface area contributed by atoms with Crippen molar-refractivity contribution in [2.24, 2.45) is 5.92 Å². The van der Waals surface area contributed by atoms with Crippen molar-refractivity contribution in [2.75, 3.05) is 0 Å². The number of aliphatic hydroxyl groups excluding tert-OH is 1. The molecular weight excluding hydrogens is 572 g/mol. The van der Waals surface area contributed by atoms with E-state index in [0.29, 0.717) is 26.2 Å². The van der Waals surface area contributed by atoms with Crippen molar-refractivity contribution in [1.29, 1.82) is 0 Å². The van der Waals surface area contributed by atoms with Crippen LogP contribution in [0.3, 0.4) is 0 Å². The minimum absolute atomic E-state index is 0.00608. The molecule has 2 aliphatic rings. The van der Waals surface area contributed by atoms with Crippen molar-refractivity contribution in [3.05, 3.63) is 108 Å². The van der Waals surface area contributed by atoms with E-state index in [1.54, 1.807) is 0 Å². The molecule has 8 nitrogen and oxygen atoms in total. The molecule has 0 amide bonds. The molecule has 0 bridgehead atoms. The zero-order chi connectivity index (χ0) is 31.8. The van der Waals surface area contributed by atoms with E-state index >= 15 is 0 Å². The summed E-state index contributed by atoms with van der Waals surface area (Å²) in [5.41, 5.74) is 3.05. The SMILES string of the molecule is CC(=O)OC1[C@H](C)OC(C)[C@H](OCc2ccccc2)[C@@H]1O[C@@H]1CC(C)[C@H](OCc2ccccc2)[C@H](OCc2ccccc2)C1O. The molecule has 1 aliphatic carbocycles. The molecule has 4 unspecified atom stereocenters. The maximum absolute atomic E-state index is 12.2. The fraction of sp³-hybridized carbons (Fsp3) is 0.486. The highest BCUT2D eigenvalue weighted by atomic mass is 16.6. The average molecular weight is 619 g/mol. The highest BCUT2D eigenvalue weighted by Gasteiger charge is 2.51. The first-order valence-corrected chi connectivity index (χ1v) is 15.9. The van der Waals surface area contributed by atoms with Gasteiger partial charge in [-0.3, -0.25) is 4.79 Å². The molecule has 1 heterocycles. The second kappa shape index (κ2) is 15.9. The first kappa shape index (κ1) is 33.3. The van der Waals surface area contributed by atoms with Gasteiger partial charge in [0.25, 0.3) is 0 Å². The molecule has 3 aromatic carbocycles. The summed E-state index contributed by atoms with van der Waals surface area (Å²) in [4.78, 5) is 12.2. The van der Waals surface area contributed by atoms with Gasteiger partial charge in [0.05, 0.1) is 44.2 Å². The number of aliphatic hydroxyl groups is 1. The Bertz CT molecular complexity index is 1310. The van der Waals surface area contributed by atoms with Gasteiger partial charge in [-0.05, 0) is 42.9 Å². The Labute approximate surface area is 266 Å². The lowest BCUT2D eigenvalue weighted by atomic mass is 9.81. The number of hydrogen-bond donors (Lipinski definition) is 1. The molecule has 5 rings (SSSR count). The number of benzene rings is 3. The standard InChI is InChI=1S/C37H46O8/c1-24-20-31(32(39)36(42-23-30-18-12-7-13-19-30)33(24)40-21-28-14-8-5-9-15-28)45-37-34(41-22-29-16-10-6-11-17-29)25(2)43-26(3)35(37)44-27(4)38/h5-19,24-26,31-37,39H,20-23H2,1-4H3/t24?,25?,26-,31+,32?,33-,34-,35?,36+,37-/m0/s1. The predicted molar refractivity (Wildman–Crippen MR) is 169 cm³/mol. The summed E-state index contributed by atoms with van der Waals surface area (Å²) in [6, 6.07) is 29.7. The van der Waals surface area contributed by atoms with E-state index in [9.17, 15) is 9.90 Å². The van der Waals surface area contributed by atoms with Crippen molar-refractivity contribution in [3.63, 3.8) is 0 Å². The second-order valence-electron chi connectivity index (χ2n) is 12.2. The van der Waals surface area contributed by atoms with Crippen LogP contribution in [0.25, 0.3) is 0 Å². The third-order valence-corrected chi connectivity index (χ3v) is 8.70. The van der Waals surface area contributed by atoms with Gasteiger partial charge in [-0.25, -0.2) is 0 Å². The smallest absolute Gasteiger partial charge is 0.303 e. The Morgan fingerprint density at radius 3 is 1.60 bits per heavy atom. The number of hydrogen-bond acceptors (Lipinski definition) is 8. The number of esters is 1. The summed E-state index contributed by atoms with van der Waals surface area (Å²) in [6.45, 7) is 8.33. The molecule has 1 saturated carbocycles. The lowest BCUT2D eigenvalue weighted by Crippen LogP contribution is -2.63. The quantitative estimate of drug-likeness (QED) is 0.261. The summed E-state index contributed by atoms with van der Waals surface area (Å²) in [6.07, 6.45) is -4.88. The molecule has 242 valence electrons. The largest absolute Gasteiger partial charge is 0.457 e. The van der Waals surface area contributed by atoms with E-state index in [0.717, 1.165) is 16.7 Å². The summed E-state index contributed by atoms with van der Waals surface area (Å²) < 4.78 is 38.1. The summed E-state index contributed by atoms with van der Waals surface area (Å²) in [5.74, 6) is -0.440. The molecule has 1 N–H and O–H groups in total. The van der Waals surface area contributed by atoms with Gasteiger partial charge >= 0.3 is 5.97 Å². The zero-order valence-corrected chi connectivity index (χ0v) is 26.6. The normalized spacial score (nSPS) is 31.8. The highest BCUT2D eigenvalue weighted by molar-refractivity contribution is 5.66. The monoisotopic (exact) mass is 618 g/mol. The molecule has 0 spiro atoms. The number of carbonyl (C=O) groups excluding carboxylic acids is 1. The maximum atomic E-state index is 12.2. The summed E-state index contributed by atoms with van der Waals surface area (Å²) in [5, 5.41) is 11.9. The molecule has 3 aromatic rings. The van der Waals surface area contributed by atoms with Crippen LogP contribution in [-0.4, -0.2) is 66.0 Å². The molecule has 1 aliphatic heterocycles. The Kier molecular flexibility index (Phi) is 11.8. The first-order valence-electron chi connectivity index (χ1n) is 15.9. The van der Waals surface area contributed by atoms with Crippen LogP contribution in [0.15, 0.2) is 91.0 Å². The van der Waals surface area contributed by atoms with E-state index in [4.69, 9.17) is 28.4 Å². The van der Waals surface area contributed by atoms with Gasteiger partial charge in [0.15, 0.2) is 6.10 Å². The van der Waals surface area contributed by atoms with Gasteiger partial charge in [-0.1, -0.05) is 97.9 Å². The summed E-state index contributed by atoms with van der Waals surface area (Å²) in [7, 11) is 0. The van der Waals surface area contributed by atoms with Crippen molar-refractivity contribution >= 4 is 5.97 Å². The van der Waals surface area contributed by atoms with Crippen LogP contribution in [0.1, 0.15) is 50.8 Å². The van der Waals surface area contributed by atoms with Crippen LogP contribution in [-0.2, 0) is 53.0 Å². The van der Waals surface area contributed by atoms with Crippen LogP contribution in [0.2, 0.25) is 0 Å². The lowest BCUT2D eigenvalue weighted by molar-refractivity contribution is -0.280. The average Bonchev–Trinajstić information content (AvgIpc) is 3.04. The van der Waals surface area contributed by atoms with Crippen molar-refractivity contribution in [1.82, 2.24) is 0 Å². The van der Waals surface area contributed by atoms with Crippen LogP contribution < -0.4 is 0 Å². The van der Waals surface area contributed by atoms with Gasteiger partial charge in [-0.2, -0.15) is 0 Å². The molecule has 0 radical (unpaired) electrons. The molecule has 2 fully saturated rings. The highest BCUT2D eigenvalue weighted by Crippen LogP contribution is 2.37. The molecule has 0 aromatic heterocycles. The van der Waals surface area contributed by atoms with Gasteiger partial charge in [-0.15, -0.1) is 0 Å². The molecule has 10 atom stereocenters. The van der Waals surface area contributed by atoms with Gasteiger partial charge < -0.3 is 33.5 Å². The van der Waals surface area contributed by atoms with Gasteiger partial charge in [0.1, 0.15) is 24.4 Å². The van der Waals surface area contributed by atoms with E-state index in [1.165, 1.54) is 6.92 Å². The van der Waals surface area contributed by atoms with E-state index in [-0.39, 0.29) is 18.1 Å². The molecular formula is C37H46O8. The Morgan fingerprint density at radius 1 is 0.667 bits per heavy atom. The molecule has 1 saturated heterocycles. The minimum Gasteiger partial charge on any atom is -0.457 e. The van der Waals surface area contributed by atoms with Gasteiger partial charge in [0.2, 0.25) is 0 Å². The summed E-state index contributed by atoms with van der Waals surface area (Å²) >= 11 is 0. The predicted octanol–water partition coefficient (Wildman–Crippen LogP) is 5.64.